The molecule has 1 saturated heterocycles. The molecule has 0 radical (unpaired) electrons. The van der Waals surface area contributed by atoms with Crippen LogP contribution >= 0.6 is 0 Å². The molecular formula is C9H21GeNO2. The van der Waals surface area contributed by atoms with E-state index in [1.165, 1.54) is 25.9 Å². The second-order valence-electron chi connectivity index (χ2n) is 3.89. The fraction of sp³-hybridized carbons (Fsp3) is 1.00. The van der Waals surface area contributed by atoms with Gasteiger partial charge in [-0.3, -0.25) is 0 Å². The van der Waals surface area contributed by atoms with Crippen molar-refractivity contribution < 1.29 is 7.53 Å². The van der Waals surface area contributed by atoms with Crippen LogP contribution in [0.3, 0.4) is 0 Å². The van der Waals surface area contributed by atoms with Crippen LogP contribution in [0.5, 0.6) is 0 Å². The van der Waals surface area contributed by atoms with Crippen LogP contribution in [0.15, 0.2) is 0 Å². The summed E-state index contributed by atoms with van der Waals surface area (Å²) >= 11 is -2.60. The predicted octanol–water partition coefficient (Wildman–Crippen LogP) is 1.72. The molecule has 0 unspecified atom stereocenters. The molecule has 0 aliphatic carbocycles. The van der Waals surface area contributed by atoms with E-state index in [1.54, 1.807) is 0 Å². The summed E-state index contributed by atoms with van der Waals surface area (Å²) in [7, 11) is 3.61. The van der Waals surface area contributed by atoms with Gasteiger partial charge in [0.05, 0.1) is 0 Å². The van der Waals surface area contributed by atoms with Crippen LogP contribution < -0.4 is 0 Å². The first kappa shape index (κ1) is 11.5. The Bertz CT molecular complexity index is 154. The van der Waals surface area contributed by atoms with Crippen LogP contribution in [-0.2, 0) is 7.53 Å². The molecule has 0 amide bonds. The summed E-state index contributed by atoms with van der Waals surface area (Å²) in [5.74, 6) is 0. The SMILES string of the molecule is C[O][Ge]([O]C)([CH](C)C)[N]1CCCC1. The molecule has 0 aromatic carbocycles. The first-order valence-corrected chi connectivity index (χ1v) is 8.89. The van der Waals surface area contributed by atoms with Crippen LogP contribution in [0, 0.1) is 0 Å². The molecule has 1 rings (SSSR count). The van der Waals surface area contributed by atoms with Gasteiger partial charge in [0.2, 0.25) is 0 Å². The normalized spacial score (nSPS) is 20.1. The van der Waals surface area contributed by atoms with E-state index >= 15 is 0 Å². The Morgan fingerprint density at radius 3 is 1.85 bits per heavy atom. The number of rotatable bonds is 4. The first-order valence-electron chi connectivity index (χ1n) is 5.02. The quantitative estimate of drug-likeness (QED) is 0.707. The van der Waals surface area contributed by atoms with Crippen molar-refractivity contribution in [1.82, 2.24) is 3.86 Å². The molecule has 78 valence electrons. The average molecular weight is 248 g/mol. The third-order valence-electron chi connectivity index (χ3n) is 2.86. The summed E-state index contributed by atoms with van der Waals surface area (Å²) in [6.07, 6.45) is 2.60. The van der Waals surface area contributed by atoms with E-state index in [1.807, 2.05) is 14.2 Å². The van der Waals surface area contributed by atoms with E-state index in [0.29, 0.717) is 4.75 Å². The van der Waals surface area contributed by atoms with Crippen molar-refractivity contribution in [3.05, 3.63) is 0 Å². The summed E-state index contributed by atoms with van der Waals surface area (Å²) in [5.41, 5.74) is 0. The standard InChI is InChI=1S/C9H21GeNO2/c1-9(2)10(12-3,13-4)11-7-5-6-8-11/h9H,5-8H2,1-4H3. The molecule has 0 bridgehead atoms. The van der Waals surface area contributed by atoms with E-state index < -0.39 is 14.2 Å². The Labute approximate surface area is 84.7 Å². The van der Waals surface area contributed by atoms with Gasteiger partial charge in [-0.2, -0.15) is 0 Å². The first-order chi connectivity index (χ1) is 6.17. The zero-order valence-corrected chi connectivity index (χ0v) is 11.3. The second-order valence-corrected chi connectivity index (χ2v) is 12.0. The third-order valence-corrected chi connectivity index (χ3v) is 11.2. The van der Waals surface area contributed by atoms with Gasteiger partial charge in [-0.1, -0.05) is 0 Å². The molecule has 0 saturated carbocycles. The zero-order chi connectivity index (χ0) is 9.90. The monoisotopic (exact) mass is 249 g/mol. The average Bonchev–Trinajstić information content (AvgIpc) is 2.60. The number of hydrogen-bond donors (Lipinski definition) is 0. The molecule has 0 atom stereocenters. The molecule has 0 aromatic heterocycles. The molecule has 4 heteroatoms. The molecule has 13 heavy (non-hydrogen) atoms. The summed E-state index contributed by atoms with van der Waals surface area (Å²) in [4.78, 5) is 0. The van der Waals surface area contributed by atoms with Gasteiger partial charge >= 0.3 is 84.3 Å². The maximum atomic E-state index is 5.72. The fourth-order valence-corrected chi connectivity index (χ4v) is 9.12. The molecule has 1 fully saturated rings. The van der Waals surface area contributed by atoms with Crippen LogP contribution in [0.25, 0.3) is 0 Å². The van der Waals surface area contributed by atoms with Crippen molar-refractivity contribution >= 4 is 14.2 Å². The van der Waals surface area contributed by atoms with Crippen LogP contribution in [0.4, 0.5) is 0 Å². The van der Waals surface area contributed by atoms with Crippen molar-refractivity contribution in [2.75, 3.05) is 27.3 Å². The molecule has 1 aliphatic rings. The van der Waals surface area contributed by atoms with E-state index in [0.717, 1.165) is 0 Å². The van der Waals surface area contributed by atoms with Gasteiger partial charge in [0.15, 0.2) is 0 Å². The predicted molar refractivity (Wildman–Crippen MR) is 55.7 cm³/mol. The summed E-state index contributed by atoms with van der Waals surface area (Å²) in [6.45, 7) is 6.76. The fourth-order valence-electron chi connectivity index (χ4n) is 2.21. The summed E-state index contributed by atoms with van der Waals surface area (Å²) in [5, 5.41) is 0. The summed E-state index contributed by atoms with van der Waals surface area (Å²) in [6, 6.07) is 0. The van der Waals surface area contributed by atoms with Crippen molar-refractivity contribution in [3.8, 4) is 0 Å². The molecule has 0 N–H and O–H groups in total. The Hall–Kier alpha value is 0.423. The van der Waals surface area contributed by atoms with Gasteiger partial charge in [0, 0.05) is 0 Å². The molecule has 1 aliphatic heterocycles. The van der Waals surface area contributed by atoms with Gasteiger partial charge in [0.25, 0.3) is 0 Å². The molecule has 1 heterocycles. The Morgan fingerprint density at radius 2 is 1.54 bits per heavy atom. The maximum absolute atomic E-state index is 5.72. The molecule has 3 nitrogen and oxygen atoms in total. The van der Waals surface area contributed by atoms with Gasteiger partial charge < -0.3 is 0 Å². The second kappa shape index (κ2) is 4.78. The Morgan fingerprint density at radius 1 is 1.08 bits per heavy atom. The van der Waals surface area contributed by atoms with Crippen molar-refractivity contribution in [1.29, 1.82) is 0 Å². The van der Waals surface area contributed by atoms with Crippen molar-refractivity contribution in [3.63, 3.8) is 0 Å². The third kappa shape index (κ3) is 2.09. The van der Waals surface area contributed by atoms with E-state index in [4.69, 9.17) is 7.53 Å². The minimum absolute atomic E-state index is 0.535. The van der Waals surface area contributed by atoms with E-state index in [-0.39, 0.29) is 0 Å². The minimum atomic E-state index is -2.60. The van der Waals surface area contributed by atoms with E-state index in [2.05, 4.69) is 17.7 Å². The van der Waals surface area contributed by atoms with Crippen LogP contribution in [0.2, 0.25) is 4.75 Å². The van der Waals surface area contributed by atoms with Crippen molar-refractivity contribution in [2.24, 2.45) is 0 Å². The van der Waals surface area contributed by atoms with Crippen LogP contribution in [-0.4, -0.2) is 45.3 Å². The van der Waals surface area contributed by atoms with Gasteiger partial charge in [-0.15, -0.1) is 0 Å². The van der Waals surface area contributed by atoms with Gasteiger partial charge in [0.1, 0.15) is 0 Å². The summed E-state index contributed by atoms with van der Waals surface area (Å²) < 4.78 is 14.5. The van der Waals surface area contributed by atoms with E-state index in [9.17, 15) is 0 Å². The Kier molecular flexibility index (Phi) is 4.22. The number of hydrogen-bond acceptors (Lipinski definition) is 3. The van der Waals surface area contributed by atoms with Crippen LogP contribution in [0.1, 0.15) is 26.7 Å². The zero-order valence-electron chi connectivity index (χ0n) is 9.17. The molecule has 0 aromatic rings. The van der Waals surface area contributed by atoms with Gasteiger partial charge in [-0.25, -0.2) is 0 Å². The Balaban J connectivity index is 2.74. The number of nitrogens with zero attached hydrogens (tertiary/aromatic N) is 1. The van der Waals surface area contributed by atoms with Crippen molar-refractivity contribution in [2.45, 2.75) is 31.4 Å². The van der Waals surface area contributed by atoms with Gasteiger partial charge in [-0.05, 0) is 0 Å². The molecule has 0 spiro atoms. The molecular weight excluding hydrogens is 227 g/mol. The topological polar surface area (TPSA) is 21.7 Å².